The molecular weight excluding hydrogens is 278 g/mol. The number of nitrogens with one attached hydrogen (secondary N) is 1. The molecule has 5 heteroatoms. The first-order valence-corrected chi connectivity index (χ1v) is 7.59. The van der Waals surface area contributed by atoms with E-state index in [0.29, 0.717) is 12.5 Å². The van der Waals surface area contributed by atoms with Gasteiger partial charge in [-0.3, -0.25) is 0 Å². The highest BCUT2D eigenvalue weighted by Gasteiger charge is 2.13. The Morgan fingerprint density at radius 1 is 1.27 bits per heavy atom. The largest absolute Gasteiger partial charge is 0.497 e. The summed E-state index contributed by atoms with van der Waals surface area (Å²) in [4.78, 5) is 0. The minimum atomic E-state index is 0.0866. The molecule has 0 aliphatic heterocycles. The Balaban J connectivity index is 2.05. The second-order valence-electron chi connectivity index (χ2n) is 5.56. The lowest BCUT2D eigenvalue weighted by Gasteiger charge is -2.16. The number of benzene rings is 1. The van der Waals surface area contributed by atoms with Crippen molar-refractivity contribution in [2.24, 2.45) is 0 Å². The summed E-state index contributed by atoms with van der Waals surface area (Å²) in [7, 11) is 1.67. The van der Waals surface area contributed by atoms with Gasteiger partial charge in [0.05, 0.1) is 26.0 Å². The fraction of sp³-hybridized carbons (Fsp3) is 0.471. The summed E-state index contributed by atoms with van der Waals surface area (Å²) in [5.74, 6) is 2.23. The van der Waals surface area contributed by atoms with E-state index in [-0.39, 0.29) is 6.61 Å². The number of aliphatic hydroxyl groups excluding tert-OH is 1. The van der Waals surface area contributed by atoms with E-state index in [1.807, 2.05) is 23.7 Å². The molecule has 2 rings (SSSR count). The van der Waals surface area contributed by atoms with Gasteiger partial charge in [0.15, 0.2) is 0 Å². The molecule has 0 bridgehead atoms. The molecule has 1 atom stereocenters. The SMILES string of the molecule is COc1ccc(C(C)CNc2c(C)c(C)nn2CCO)cc1. The van der Waals surface area contributed by atoms with Gasteiger partial charge < -0.3 is 15.2 Å². The molecule has 0 saturated heterocycles. The monoisotopic (exact) mass is 303 g/mol. The number of methoxy groups -OCH3 is 1. The van der Waals surface area contributed by atoms with Crippen molar-refractivity contribution in [2.75, 3.05) is 25.6 Å². The van der Waals surface area contributed by atoms with Gasteiger partial charge in [0, 0.05) is 12.1 Å². The van der Waals surface area contributed by atoms with Crippen LogP contribution in [-0.2, 0) is 6.54 Å². The van der Waals surface area contributed by atoms with E-state index < -0.39 is 0 Å². The maximum absolute atomic E-state index is 9.15. The van der Waals surface area contributed by atoms with Crippen LogP contribution in [0.25, 0.3) is 0 Å². The van der Waals surface area contributed by atoms with E-state index in [1.165, 1.54) is 5.56 Å². The topological polar surface area (TPSA) is 59.3 Å². The van der Waals surface area contributed by atoms with Crippen LogP contribution in [0.1, 0.15) is 29.7 Å². The van der Waals surface area contributed by atoms with Crippen LogP contribution in [0.15, 0.2) is 24.3 Å². The minimum Gasteiger partial charge on any atom is -0.497 e. The highest BCUT2D eigenvalue weighted by molar-refractivity contribution is 5.47. The van der Waals surface area contributed by atoms with Crippen LogP contribution < -0.4 is 10.1 Å². The average molecular weight is 303 g/mol. The van der Waals surface area contributed by atoms with Gasteiger partial charge in [0.1, 0.15) is 11.6 Å². The zero-order chi connectivity index (χ0) is 16.1. The van der Waals surface area contributed by atoms with Gasteiger partial charge >= 0.3 is 0 Å². The minimum absolute atomic E-state index is 0.0866. The van der Waals surface area contributed by atoms with Gasteiger partial charge in [-0.2, -0.15) is 5.10 Å². The lowest BCUT2D eigenvalue weighted by Crippen LogP contribution is -2.15. The molecule has 5 nitrogen and oxygen atoms in total. The quantitative estimate of drug-likeness (QED) is 0.825. The summed E-state index contributed by atoms with van der Waals surface area (Å²) in [6, 6.07) is 8.15. The standard InChI is InChI=1S/C17H25N3O2/c1-12(15-5-7-16(22-4)8-6-15)11-18-17-13(2)14(3)19-20(17)9-10-21/h5-8,12,18,21H,9-11H2,1-4H3. The van der Waals surface area contributed by atoms with Crippen molar-refractivity contribution in [2.45, 2.75) is 33.2 Å². The maximum atomic E-state index is 9.15. The molecule has 1 heterocycles. The summed E-state index contributed by atoms with van der Waals surface area (Å²) in [6.45, 7) is 7.63. The van der Waals surface area contributed by atoms with Gasteiger partial charge in [-0.15, -0.1) is 0 Å². The Labute approximate surface area is 131 Å². The summed E-state index contributed by atoms with van der Waals surface area (Å²) in [6.07, 6.45) is 0. The summed E-state index contributed by atoms with van der Waals surface area (Å²) in [5.41, 5.74) is 3.39. The van der Waals surface area contributed by atoms with E-state index in [9.17, 15) is 0 Å². The van der Waals surface area contributed by atoms with Crippen molar-refractivity contribution in [1.29, 1.82) is 0 Å². The molecular formula is C17H25N3O2. The van der Waals surface area contributed by atoms with Crippen LogP contribution in [0.4, 0.5) is 5.82 Å². The molecule has 1 aromatic carbocycles. The van der Waals surface area contributed by atoms with E-state index in [0.717, 1.165) is 29.4 Å². The lowest BCUT2D eigenvalue weighted by atomic mass is 10.0. The Morgan fingerprint density at radius 2 is 1.95 bits per heavy atom. The van der Waals surface area contributed by atoms with E-state index in [4.69, 9.17) is 9.84 Å². The second-order valence-corrected chi connectivity index (χ2v) is 5.56. The Hall–Kier alpha value is -2.01. The molecule has 0 radical (unpaired) electrons. The molecule has 0 amide bonds. The number of nitrogens with zero attached hydrogens (tertiary/aromatic N) is 2. The molecule has 0 fully saturated rings. The fourth-order valence-corrected chi connectivity index (χ4v) is 2.45. The smallest absolute Gasteiger partial charge is 0.127 e. The van der Waals surface area contributed by atoms with Crippen LogP contribution in [0.3, 0.4) is 0 Å². The van der Waals surface area contributed by atoms with Crippen LogP contribution in [0.5, 0.6) is 5.75 Å². The van der Waals surface area contributed by atoms with E-state index in [2.05, 4.69) is 36.4 Å². The van der Waals surface area contributed by atoms with Crippen molar-refractivity contribution in [3.05, 3.63) is 41.1 Å². The first-order chi connectivity index (χ1) is 10.6. The van der Waals surface area contributed by atoms with Crippen LogP contribution in [-0.4, -0.2) is 35.1 Å². The third kappa shape index (κ3) is 3.60. The van der Waals surface area contributed by atoms with Crippen LogP contribution >= 0.6 is 0 Å². The normalized spacial score (nSPS) is 12.2. The number of hydrogen-bond acceptors (Lipinski definition) is 4. The number of aromatic nitrogens is 2. The van der Waals surface area contributed by atoms with Crippen molar-refractivity contribution in [3.8, 4) is 5.75 Å². The van der Waals surface area contributed by atoms with E-state index in [1.54, 1.807) is 7.11 Å². The van der Waals surface area contributed by atoms with Gasteiger partial charge in [0.25, 0.3) is 0 Å². The number of aryl methyl sites for hydroxylation is 1. The summed E-state index contributed by atoms with van der Waals surface area (Å²) in [5, 5.41) is 17.1. The first kappa shape index (κ1) is 16.4. The number of ether oxygens (including phenoxy) is 1. The van der Waals surface area contributed by atoms with Crippen molar-refractivity contribution < 1.29 is 9.84 Å². The number of anilines is 1. The molecule has 0 aliphatic carbocycles. The first-order valence-electron chi connectivity index (χ1n) is 7.59. The molecule has 0 aliphatic rings. The number of hydrogen-bond donors (Lipinski definition) is 2. The van der Waals surface area contributed by atoms with Gasteiger partial charge in [0.2, 0.25) is 0 Å². The van der Waals surface area contributed by atoms with Gasteiger partial charge in [-0.1, -0.05) is 19.1 Å². The third-order valence-electron chi connectivity index (χ3n) is 4.00. The predicted molar refractivity (Wildman–Crippen MR) is 88.7 cm³/mol. The van der Waals surface area contributed by atoms with E-state index >= 15 is 0 Å². The maximum Gasteiger partial charge on any atom is 0.127 e. The van der Waals surface area contributed by atoms with Crippen molar-refractivity contribution in [3.63, 3.8) is 0 Å². The van der Waals surface area contributed by atoms with Gasteiger partial charge in [-0.05, 0) is 37.5 Å². The second kappa shape index (κ2) is 7.31. The van der Waals surface area contributed by atoms with Gasteiger partial charge in [-0.25, -0.2) is 4.68 Å². The molecule has 1 unspecified atom stereocenters. The molecule has 22 heavy (non-hydrogen) atoms. The Morgan fingerprint density at radius 3 is 2.55 bits per heavy atom. The van der Waals surface area contributed by atoms with Crippen LogP contribution in [0.2, 0.25) is 0 Å². The summed E-state index contributed by atoms with van der Waals surface area (Å²) < 4.78 is 7.03. The number of rotatable bonds is 7. The van der Waals surface area contributed by atoms with Crippen molar-refractivity contribution in [1.82, 2.24) is 9.78 Å². The fourth-order valence-electron chi connectivity index (χ4n) is 2.45. The zero-order valence-corrected chi connectivity index (χ0v) is 13.8. The highest BCUT2D eigenvalue weighted by Crippen LogP contribution is 2.22. The average Bonchev–Trinajstić information content (AvgIpc) is 2.80. The Kier molecular flexibility index (Phi) is 5.44. The zero-order valence-electron chi connectivity index (χ0n) is 13.8. The molecule has 2 aromatic rings. The number of aliphatic hydroxyl groups is 1. The molecule has 1 aromatic heterocycles. The molecule has 120 valence electrons. The third-order valence-corrected chi connectivity index (χ3v) is 4.00. The molecule has 2 N–H and O–H groups in total. The Bertz CT molecular complexity index is 605. The summed E-state index contributed by atoms with van der Waals surface area (Å²) >= 11 is 0. The van der Waals surface area contributed by atoms with Crippen LogP contribution in [0, 0.1) is 13.8 Å². The molecule has 0 spiro atoms. The molecule has 0 saturated carbocycles. The lowest BCUT2D eigenvalue weighted by molar-refractivity contribution is 0.270. The predicted octanol–water partition coefficient (Wildman–Crippen LogP) is 2.72. The highest BCUT2D eigenvalue weighted by atomic mass is 16.5. The van der Waals surface area contributed by atoms with Crippen molar-refractivity contribution >= 4 is 5.82 Å².